The molecule has 0 aromatic carbocycles. The highest BCUT2D eigenvalue weighted by molar-refractivity contribution is 5.84. The molecule has 5 heteroatoms. The number of rotatable bonds is 5. The first kappa shape index (κ1) is 20.6. The van der Waals surface area contributed by atoms with Gasteiger partial charge in [-0.2, -0.15) is 0 Å². The van der Waals surface area contributed by atoms with E-state index in [-0.39, 0.29) is 0 Å². The standard InChI is InChI=1S/C22H27N5.C2H4/c1-15-9-18(12-24-11-15)16(2)27-8-4-5-17(14-27)10-20-19-6-7-25-22(19)26-13-21(20)23-3;1-2/h6-7,9,11-13,17,23H,2,4-5,8,10,14H2,1,3H3,(H,25,26);1-2H2. The Morgan fingerprint density at radius 3 is 2.90 bits per heavy atom. The van der Waals surface area contributed by atoms with Gasteiger partial charge in [-0.05, 0) is 55.4 Å². The van der Waals surface area contributed by atoms with E-state index >= 15 is 0 Å². The Bertz CT molecular complexity index is 974. The summed E-state index contributed by atoms with van der Waals surface area (Å²) in [5, 5.41) is 4.54. The number of likely N-dealkylation sites (tertiary alicyclic amines) is 1. The average molecular weight is 390 g/mol. The van der Waals surface area contributed by atoms with Crippen molar-refractivity contribution in [3.8, 4) is 0 Å². The number of piperidine rings is 1. The van der Waals surface area contributed by atoms with E-state index in [0.29, 0.717) is 5.92 Å². The molecule has 0 saturated carbocycles. The third-order valence-electron chi connectivity index (χ3n) is 5.57. The van der Waals surface area contributed by atoms with Crippen LogP contribution in [0.3, 0.4) is 0 Å². The fourth-order valence-electron chi connectivity index (χ4n) is 4.16. The lowest BCUT2D eigenvalue weighted by Gasteiger charge is -2.36. The van der Waals surface area contributed by atoms with E-state index in [0.717, 1.165) is 42.1 Å². The smallest absolute Gasteiger partial charge is 0.137 e. The lowest BCUT2D eigenvalue weighted by atomic mass is 9.89. The van der Waals surface area contributed by atoms with Crippen LogP contribution in [0.1, 0.15) is 29.5 Å². The van der Waals surface area contributed by atoms with Gasteiger partial charge in [-0.3, -0.25) is 4.98 Å². The van der Waals surface area contributed by atoms with Crippen LogP contribution in [0.5, 0.6) is 0 Å². The van der Waals surface area contributed by atoms with Crippen molar-refractivity contribution in [3.63, 3.8) is 0 Å². The molecule has 4 heterocycles. The molecule has 1 unspecified atom stereocenters. The number of H-pyrrole nitrogens is 1. The van der Waals surface area contributed by atoms with Gasteiger partial charge in [0.05, 0.1) is 11.9 Å². The minimum absolute atomic E-state index is 0.598. The van der Waals surface area contributed by atoms with Gasteiger partial charge in [0.15, 0.2) is 0 Å². The molecule has 0 aliphatic carbocycles. The van der Waals surface area contributed by atoms with Crippen LogP contribution in [0.25, 0.3) is 16.7 Å². The van der Waals surface area contributed by atoms with Crippen LogP contribution >= 0.6 is 0 Å². The van der Waals surface area contributed by atoms with Crippen LogP contribution in [-0.2, 0) is 6.42 Å². The van der Waals surface area contributed by atoms with Gasteiger partial charge in [-0.15, -0.1) is 13.2 Å². The van der Waals surface area contributed by atoms with Gasteiger partial charge in [0.2, 0.25) is 0 Å². The van der Waals surface area contributed by atoms with Crippen molar-refractivity contribution in [1.29, 1.82) is 0 Å². The maximum absolute atomic E-state index is 4.51. The summed E-state index contributed by atoms with van der Waals surface area (Å²) >= 11 is 0. The number of aryl methyl sites for hydroxylation is 1. The molecule has 4 rings (SSSR count). The van der Waals surface area contributed by atoms with Gasteiger partial charge in [-0.1, -0.05) is 6.58 Å². The van der Waals surface area contributed by atoms with Crippen LogP contribution in [0.15, 0.2) is 56.7 Å². The summed E-state index contributed by atoms with van der Waals surface area (Å²) in [7, 11) is 1.97. The number of aromatic amines is 1. The molecule has 3 aromatic rings. The zero-order valence-corrected chi connectivity index (χ0v) is 17.5. The summed E-state index contributed by atoms with van der Waals surface area (Å²) < 4.78 is 0. The second-order valence-electron chi connectivity index (χ2n) is 7.50. The van der Waals surface area contributed by atoms with E-state index < -0.39 is 0 Å². The molecule has 0 amide bonds. The third kappa shape index (κ3) is 4.50. The number of nitrogens with zero attached hydrogens (tertiary/aromatic N) is 3. The zero-order valence-electron chi connectivity index (χ0n) is 17.5. The molecule has 29 heavy (non-hydrogen) atoms. The predicted molar refractivity (Wildman–Crippen MR) is 123 cm³/mol. The Kier molecular flexibility index (Phi) is 6.70. The predicted octanol–water partition coefficient (Wildman–Crippen LogP) is 5.04. The Morgan fingerprint density at radius 1 is 1.31 bits per heavy atom. The molecule has 152 valence electrons. The monoisotopic (exact) mass is 389 g/mol. The molecule has 5 nitrogen and oxygen atoms in total. The summed E-state index contributed by atoms with van der Waals surface area (Å²) in [6.07, 6.45) is 11.2. The van der Waals surface area contributed by atoms with Crippen LogP contribution in [-0.4, -0.2) is 40.0 Å². The Labute approximate surface area is 173 Å². The molecule has 3 aromatic heterocycles. The molecular formula is C24H31N5. The number of fused-ring (bicyclic) bond motifs is 1. The summed E-state index contributed by atoms with van der Waals surface area (Å²) in [4.78, 5) is 14.5. The molecular weight excluding hydrogens is 358 g/mol. The highest BCUT2D eigenvalue weighted by Gasteiger charge is 2.23. The van der Waals surface area contributed by atoms with Crippen LogP contribution in [0.2, 0.25) is 0 Å². The van der Waals surface area contributed by atoms with Gasteiger partial charge in [0.1, 0.15) is 5.65 Å². The molecule has 1 atom stereocenters. The van der Waals surface area contributed by atoms with Gasteiger partial charge >= 0.3 is 0 Å². The largest absolute Gasteiger partial charge is 0.387 e. The van der Waals surface area contributed by atoms with E-state index in [4.69, 9.17) is 0 Å². The van der Waals surface area contributed by atoms with Crippen LogP contribution in [0.4, 0.5) is 5.69 Å². The second-order valence-corrected chi connectivity index (χ2v) is 7.50. The number of anilines is 1. The van der Waals surface area contributed by atoms with E-state index in [2.05, 4.69) is 64.0 Å². The van der Waals surface area contributed by atoms with E-state index in [1.54, 1.807) is 0 Å². The van der Waals surface area contributed by atoms with Gasteiger partial charge < -0.3 is 15.2 Å². The molecule has 1 aliphatic rings. The minimum atomic E-state index is 0.598. The Hall–Kier alpha value is -3.08. The van der Waals surface area contributed by atoms with Crippen molar-refractivity contribution in [2.75, 3.05) is 25.5 Å². The highest BCUT2D eigenvalue weighted by atomic mass is 15.1. The zero-order chi connectivity index (χ0) is 20.8. The Balaban J connectivity index is 0.00000117. The quantitative estimate of drug-likeness (QED) is 0.601. The maximum Gasteiger partial charge on any atom is 0.137 e. The normalized spacial score (nSPS) is 16.2. The van der Waals surface area contributed by atoms with Crippen LogP contribution in [0, 0.1) is 12.8 Å². The molecule has 0 spiro atoms. The number of hydrogen-bond donors (Lipinski definition) is 2. The lowest BCUT2D eigenvalue weighted by Crippen LogP contribution is -2.35. The van der Waals surface area contributed by atoms with Crippen molar-refractivity contribution in [2.45, 2.75) is 26.2 Å². The molecule has 2 N–H and O–H groups in total. The van der Waals surface area contributed by atoms with E-state index in [1.165, 1.54) is 29.4 Å². The minimum Gasteiger partial charge on any atom is -0.387 e. The summed E-state index contributed by atoms with van der Waals surface area (Å²) in [5.41, 5.74) is 6.84. The van der Waals surface area contributed by atoms with E-state index in [1.807, 2.05) is 31.8 Å². The van der Waals surface area contributed by atoms with Gasteiger partial charge in [-0.25, -0.2) is 4.98 Å². The lowest BCUT2D eigenvalue weighted by molar-refractivity contribution is 0.246. The molecule has 1 saturated heterocycles. The van der Waals surface area contributed by atoms with Crippen molar-refractivity contribution >= 4 is 22.4 Å². The average Bonchev–Trinajstić information content (AvgIpc) is 3.24. The SMILES string of the molecule is C=C.C=C(c1cncc(C)c1)N1CCCC(Cc2c(NC)cnc3[nH]ccc23)C1. The first-order valence-electron chi connectivity index (χ1n) is 10.1. The maximum atomic E-state index is 4.51. The first-order valence-corrected chi connectivity index (χ1v) is 10.1. The van der Waals surface area contributed by atoms with Gasteiger partial charge in [0, 0.05) is 55.4 Å². The summed E-state index contributed by atoms with van der Waals surface area (Å²) in [5.74, 6) is 0.598. The number of nitrogens with one attached hydrogen (secondary N) is 2. The van der Waals surface area contributed by atoms with Crippen LogP contribution < -0.4 is 5.32 Å². The molecule has 0 bridgehead atoms. The number of aromatic nitrogens is 3. The fraction of sp³-hybridized carbons (Fsp3) is 0.333. The van der Waals surface area contributed by atoms with Crippen molar-refractivity contribution in [1.82, 2.24) is 19.9 Å². The van der Waals surface area contributed by atoms with Crippen molar-refractivity contribution < 1.29 is 0 Å². The summed E-state index contributed by atoms with van der Waals surface area (Å²) in [6.45, 7) is 14.5. The molecule has 1 aliphatic heterocycles. The topological polar surface area (TPSA) is 56.8 Å². The van der Waals surface area contributed by atoms with Crippen molar-refractivity contribution in [3.05, 3.63) is 73.3 Å². The van der Waals surface area contributed by atoms with Gasteiger partial charge in [0.25, 0.3) is 0 Å². The summed E-state index contributed by atoms with van der Waals surface area (Å²) in [6, 6.07) is 4.31. The number of pyridine rings is 2. The number of hydrogen-bond acceptors (Lipinski definition) is 4. The van der Waals surface area contributed by atoms with E-state index in [9.17, 15) is 0 Å². The fourth-order valence-corrected chi connectivity index (χ4v) is 4.16. The van der Waals surface area contributed by atoms with Crippen molar-refractivity contribution in [2.24, 2.45) is 5.92 Å². The molecule has 1 fully saturated rings. The highest BCUT2D eigenvalue weighted by Crippen LogP contribution is 2.31. The third-order valence-corrected chi connectivity index (χ3v) is 5.57. The first-order chi connectivity index (χ1) is 14.2. The molecule has 0 radical (unpaired) electrons. The Morgan fingerprint density at radius 2 is 2.14 bits per heavy atom. The second kappa shape index (κ2) is 9.41.